The Morgan fingerprint density at radius 2 is 1.65 bits per heavy atom. The van der Waals surface area contributed by atoms with Gasteiger partial charge >= 0.3 is 0 Å². The van der Waals surface area contributed by atoms with Crippen molar-refractivity contribution in [1.29, 1.82) is 0 Å². The lowest BCUT2D eigenvalue weighted by molar-refractivity contribution is -0.133. The number of carbonyl (C=O) groups is 3. The number of hydrogen-bond donors (Lipinski definition) is 6. The van der Waals surface area contributed by atoms with Gasteiger partial charge in [0.05, 0.1) is 23.6 Å². The van der Waals surface area contributed by atoms with Crippen molar-refractivity contribution in [2.45, 2.75) is 50.2 Å². The largest absolute Gasteiger partial charge is 0.372 e. The summed E-state index contributed by atoms with van der Waals surface area (Å²) < 4.78 is 0. The molecule has 4 fully saturated rings. The number of nitrogens with zero attached hydrogens (tertiary/aromatic N) is 7. The predicted octanol–water partition coefficient (Wildman–Crippen LogP) is 2.64. The van der Waals surface area contributed by atoms with Crippen LogP contribution in [-0.2, 0) is 19.9 Å². The summed E-state index contributed by atoms with van der Waals surface area (Å²) in [6.07, 6.45) is 6.50. The number of nitrogens with two attached hydrogens (primary N) is 1. The molecule has 4 aromatic rings. The van der Waals surface area contributed by atoms with Gasteiger partial charge in [-0.3, -0.25) is 24.6 Å². The highest BCUT2D eigenvalue weighted by molar-refractivity contribution is 6.01. The molecule has 3 atom stereocenters. The first-order chi connectivity index (χ1) is 27.7. The van der Waals surface area contributed by atoms with Crippen molar-refractivity contribution in [2.24, 2.45) is 11.7 Å². The molecular weight excluding hydrogens is 723 g/mol. The number of amides is 3. The highest BCUT2D eigenvalue weighted by atomic mass is 16.2. The molecule has 0 aliphatic carbocycles. The first-order valence-corrected chi connectivity index (χ1v) is 19.9. The van der Waals surface area contributed by atoms with E-state index in [0.717, 1.165) is 81.4 Å². The zero-order valence-electron chi connectivity index (χ0n) is 32.2. The molecule has 0 spiro atoms. The Morgan fingerprint density at radius 3 is 2.35 bits per heavy atom. The third kappa shape index (κ3) is 8.68. The van der Waals surface area contributed by atoms with E-state index >= 15 is 0 Å². The molecule has 0 radical (unpaired) electrons. The Kier molecular flexibility index (Phi) is 11.3. The monoisotopic (exact) mass is 773 g/mol. The number of hydrazine groups is 2. The minimum absolute atomic E-state index is 0.0629. The molecule has 298 valence electrons. The second-order valence-electron chi connectivity index (χ2n) is 15.4. The second kappa shape index (κ2) is 16.8. The molecule has 3 amide bonds. The average Bonchev–Trinajstić information content (AvgIpc) is 3.71. The van der Waals surface area contributed by atoms with Crippen LogP contribution < -0.4 is 42.3 Å². The standard InChI is InChI=1S/C41H51N13O3/c1-28(30-5-3-2-4-6-30)54-45-27-41(50-54,39(42)57)35-15-18-43-40(48-35)47-31-7-10-33(11-8-31)52-23-21-51(22-24-52)26-29-16-19-53(20-17-29)36-13-9-32(25-44-36)46-34-12-14-37(55)49-38(34)56/h2-11,13,15,18,25,28-29,34,45-46,50H,12,14,16-17,19-24,26-27H2,1H3,(H2,42,57)(H,43,47,48)(H,49,55,56). The molecule has 7 N–H and O–H groups in total. The summed E-state index contributed by atoms with van der Waals surface area (Å²) in [4.78, 5) is 57.7. The van der Waals surface area contributed by atoms with Gasteiger partial charge in [-0.1, -0.05) is 30.3 Å². The Bertz CT molecular complexity index is 2020. The molecule has 4 saturated heterocycles. The normalized spacial score (nSPS) is 22.9. The fourth-order valence-corrected chi connectivity index (χ4v) is 8.15. The third-order valence-corrected chi connectivity index (χ3v) is 11.7. The number of anilines is 5. The van der Waals surface area contributed by atoms with Crippen LogP contribution in [0.4, 0.5) is 28.8 Å². The zero-order chi connectivity index (χ0) is 39.4. The fraction of sp³-hybridized carbons (Fsp3) is 0.415. The van der Waals surface area contributed by atoms with Gasteiger partial charge in [0.2, 0.25) is 23.7 Å². The van der Waals surface area contributed by atoms with Crippen LogP contribution in [0.3, 0.4) is 0 Å². The van der Waals surface area contributed by atoms with Crippen molar-refractivity contribution in [1.82, 2.24) is 41.1 Å². The number of carbonyl (C=O) groups excluding carboxylic acids is 3. The summed E-state index contributed by atoms with van der Waals surface area (Å²) in [7, 11) is 0. The zero-order valence-corrected chi connectivity index (χ0v) is 32.2. The lowest BCUT2D eigenvalue weighted by atomic mass is 9.95. The van der Waals surface area contributed by atoms with Crippen LogP contribution in [0.5, 0.6) is 0 Å². The van der Waals surface area contributed by atoms with Crippen molar-refractivity contribution in [3.63, 3.8) is 0 Å². The van der Waals surface area contributed by atoms with Gasteiger partial charge in [-0.25, -0.2) is 25.8 Å². The Morgan fingerprint density at radius 1 is 0.895 bits per heavy atom. The number of hydrogen-bond acceptors (Lipinski definition) is 14. The highest BCUT2D eigenvalue weighted by Crippen LogP contribution is 2.30. The van der Waals surface area contributed by atoms with E-state index in [1.807, 2.05) is 66.6 Å². The maximum atomic E-state index is 12.9. The number of primary amides is 1. The molecular formula is C41H51N13O3. The first kappa shape index (κ1) is 38.2. The predicted molar refractivity (Wildman–Crippen MR) is 218 cm³/mol. The Labute approximate surface area is 332 Å². The van der Waals surface area contributed by atoms with Crippen LogP contribution in [0.2, 0.25) is 0 Å². The van der Waals surface area contributed by atoms with Gasteiger partial charge in [0.15, 0.2) is 5.54 Å². The molecule has 16 heteroatoms. The van der Waals surface area contributed by atoms with E-state index in [9.17, 15) is 14.4 Å². The van der Waals surface area contributed by atoms with E-state index < -0.39 is 17.5 Å². The van der Waals surface area contributed by atoms with Crippen molar-refractivity contribution in [3.8, 4) is 0 Å². The van der Waals surface area contributed by atoms with Crippen LogP contribution in [0, 0.1) is 5.92 Å². The Balaban J connectivity index is 0.786. The molecule has 4 aliphatic heterocycles. The number of aromatic nitrogens is 3. The number of benzene rings is 2. The molecule has 16 nitrogen and oxygen atoms in total. The summed E-state index contributed by atoms with van der Waals surface area (Å²) in [5.41, 5.74) is 15.7. The van der Waals surface area contributed by atoms with Gasteiger partial charge in [0, 0.05) is 76.4 Å². The van der Waals surface area contributed by atoms with Crippen molar-refractivity contribution in [2.75, 3.05) is 72.8 Å². The average molecular weight is 774 g/mol. The van der Waals surface area contributed by atoms with E-state index in [1.54, 1.807) is 18.5 Å². The van der Waals surface area contributed by atoms with Crippen molar-refractivity contribution in [3.05, 3.63) is 96.4 Å². The Hall–Kier alpha value is -5.68. The number of piperazine rings is 1. The maximum absolute atomic E-state index is 12.9. The summed E-state index contributed by atoms with van der Waals surface area (Å²) in [6.45, 7) is 9.33. The van der Waals surface area contributed by atoms with Crippen LogP contribution in [0.1, 0.15) is 49.9 Å². The quantitative estimate of drug-likeness (QED) is 0.115. The molecule has 3 unspecified atom stereocenters. The molecule has 0 saturated carbocycles. The van der Waals surface area contributed by atoms with Crippen molar-refractivity contribution < 1.29 is 14.4 Å². The smallest absolute Gasteiger partial charge is 0.249 e. The first-order valence-electron chi connectivity index (χ1n) is 19.9. The molecule has 2 aromatic carbocycles. The number of nitrogens with one attached hydrogen (secondary N) is 5. The van der Waals surface area contributed by atoms with Crippen LogP contribution >= 0.6 is 0 Å². The van der Waals surface area contributed by atoms with E-state index in [4.69, 9.17) is 10.7 Å². The number of imide groups is 1. The van der Waals surface area contributed by atoms with Gasteiger partial charge in [-0.2, -0.15) is 5.12 Å². The highest BCUT2D eigenvalue weighted by Gasteiger charge is 2.47. The molecule has 57 heavy (non-hydrogen) atoms. The fourth-order valence-electron chi connectivity index (χ4n) is 8.15. The molecule has 6 heterocycles. The minimum Gasteiger partial charge on any atom is -0.372 e. The van der Waals surface area contributed by atoms with E-state index in [0.29, 0.717) is 30.4 Å². The van der Waals surface area contributed by atoms with E-state index in [2.05, 4.69) is 63.6 Å². The summed E-state index contributed by atoms with van der Waals surface area (Å²) in [5.74, 6) is 0.958. The molecule has 0 bridgehead atoms. The molecule has 2 aromatic heterocycles. The van der Waals surface area contributed by atoms with Gasteiger partial charge in [-0.05, 0) is 80.1 Å². The van der Waals surface area contributed by atoms with Crippen molar-refractivity contribution >= 4 is 46.5 Å². The van der Waals surface area contributed by atoms with E-state index in [1.165, 1.54) is 5.69 Å². The lowest BCUT2D eigenvalue weighted by Gasteiger charge is -2.40. The summed E-state index contributed by atoms with van der Waals surface area (Å²) >= 11 is 0. The summed E-state index contributed by atoms with van der Waals surface area (Å²) in [6, 6.07) is 23.6. The number of rotatable bonds is 12. The molecule has 4 aliphatic rings. The third-order valence-electron chi connectivity index (χ3n) is 11.7. The van der Waals surface area contributed by atoms with Gasteiger partial charge in [-0.15, -0.1) is 0 Å². The van der Waals surface area contributed by atoms with Crippen LogP contribution in [-0.4, -0.2) is 101 Å². The van der Waals surface area contributed by atoms with Crippen LogP contribution in [0.15, 0.2) is 85.2 Å². The lowest BCUT2D eigenvalue weighted by Crippen LogP contribution is -2.54. The maximum Gasteiger partial charge on any atom is 0.249 e. The number of piperidine rings is 2. The second-order valence-corrected chi connectivity index (χ2v) is 15.4. The van der Waals surface area contributed by atoms with Gasteiger partial charge < -0.3 is 26.2 Å². The summed E-state index contributed by atoms with van der Waals surface area (Å²) in [5, 5.41) is 10.7. The van der Waals surface area contributed by atoms with Crippen LogP contribution in [0.25, 0.3) is 0 Å². The minimum atomic E-state index is -1.24. The topological polar surface area (TPSA) is 189 Å². The number of pyridine rings is 1. The van der Waals surface area contributed by atoms with E-state index in [-0.39, 0.29) is 24.4 Å². The molecule has 8 rings (SSSR count). The van der Waals surface area contributed by atoms with Gasteiger partial charge in [0.25, 0.3) is 0 Å². The SMILES string of the molecule is CC(c1ccccc1)N1NCC(C(N)=O)(c2ccnc(Nc3ccc(N4CCN(CC5CCN(c6ccc(NC7CCC(=O)NC7=O)cn6)CC5)CC4)cc3)n2)N1. The van der Waals surface area contributed by atoms with Gasteiger partial charge in [0.1, 0.15) is 11.9 Å².